The van der Waals surface area contributed by atoms with Crippen molar-refractivity contribution in [3.63, 3.8) is 0 Å². The Morgan fingerprint density at radius 3 is 2.24 bits per heavy atom. The Morgan fingerprint density at radius 2 is 1.59 bits per heavy atom. The summed E-state index contributed by atoms with van der Waals surface area (Å²) in [6.45, 7) is 5.89. The number of benzene rings is 2. The summed E-state index contributed by atoms with van der Waals surface area (Å²) in [4.78, 5) is 4.97. The Hall–Kier alpha value is -1.66. The van der Waals surface area contributed by atoms with Gasteiger partial charge in [0.2, 0.25) is 0 Å². The summed E-state index contributed by atoms with van der Waals surface area (Å²) in [7, 11) is 3.37. The highest BCUT2D eigenvalue weighted by Crippen LogP contribution is 2.37. The fourth-order valence-corrected chi connectivity index (χ4v) is 4.07. The molecule has 29 heavy (non-hydrogen) atoms. The molecule has 0 aromatic heterocycles. The number of rotatable bonds is 5. The zero-order valence-corrected chi connectivity index (χ0v) is 18.6. The second-order valence-electron chi connectivity index (χ2n) is 7.14. The van der Waals surface area contributed by atoms with Gasteiger partial charge in [0, 0.05) is 38.4 Å². The van der Waals surface area contributed by atoms with Gasteiger partial charge in [0.15, 0.2) is 11.5 Å². The molecular weight excluding hydrogens is 411 g/mol. The van der Waals surface area contributed by atoms with Crippen LogP contribution in [-0.2, 0) is 11.2 Å². The molecule has 0 aliphatic carbocycles. The van der Waals surface area contributed by atoms with Crippen LogP contribution in [-0.4, -0.2) is 58.5 Å². The maximum atomic E-state index is 6.14. The number of hydrogen-bond donors (Lipinski definition) is 0. The molecule has 2 aliphatic heterocycles. The first-order valence-corrected chi connectivity index (χ1v) is 9.67. The van der Waals surface area contributed by atoms with Gasteiger partial charge in [-0.3, -0.25) is 4.90 Å². The molecule has 160 valence electrons. The van der Waals surface area contributed by atoms with Crippen molar-refractivity contribution in [1.82, 2.24) is 4.90 Å². The monoisotopic (exact) mass is 440 g/mol. The minimum absolute atomic E-state index is 0. The number of methoxy groups -OCH3 is 2. The Balaban J connectivity index is 0.00000150. The van der Waals surface area contributed by atoms with Crippen LogP contribution in [0, 0.1) is 0 Å². The Bertz CT molecular complexity index is 768. The number of anilines is 1. The van der Waals surface area contributed by atoms with E-state index in [0.717, 1.165) is 57.3 Å². The predicted octanol–water partition coefficient (Wildman–Crippen LogP) is 3.98. The molecular formula is C22H30Cl2N2O3. The predicted molar refractivity (Wildman–Crippen MR) is 122 cm³/mol. The van der Waals surface area contributed by atoms with Crippen molar-refractivity contribution in [3.05, 3.63) is 53.6 Å². The van der Waals surface area contributed by atoms with E-state index < -0.39 is 0 Å². The Morgan fingerprint density at radius 1 is 0.931 bits per heavy atom. The van der Waals surface area contributed by atoms with Gasteiger partial charge >= 0.3 is 0 Å². The third-order valence-electron chi connectivity index (χ3n) is 5.60. The summed E-state index contributed by atoms with van der Waals surface area (Å²) < 4.78 is 17.1. The van der Waals surface area contributed by atoms with Crippen LogP contribution in [0.5, 0.6) is 11.5 Å². The van der Waals surface area contributed by atoms with Crippen molar-refractivity contribution in [3.8, 4) is 11.5 Å². The van der Waals surface area contributed by atoms with E-state index in [0.29, 0.717) is 0 Å². The van der Waals surface area contributed by atoms with Gasteiger partial charge in [0.1, 0.15) is 0 Å². The number of piperazine rings is 1. The molecule has 0 radical (unpaired) electrons. The van der Waals surface area contributed by atoms with E-state index in [9.17, 15) is 0 Å². The molecule has 0 saturated carbocycles. The summed E-state index contributed by atoms with van der Waals surface area (Å²) in [5.74, 6) is 1.58. The third kappa shape index (κ3) is 5.28. The molecule has 1 fully saturated rings. The van der Waals surface area contributed by atoms with Gasteiger partial charge in [0.05, 0.1) is 26.9 Å². The highest BCUT2D eigenvalue weighted by atomic mass is 35.5. The van der Waals surface area contributed by atoms with E-state index in [-0.39, 0.29) is 30.9 Å². The molecule has 0 spiro atoms. The van der Waals surface area contributed by atoms with Crippen LogP contribution in [0.3, 0.4) is 0 Å². The van der Waals surface area contributed by atoms with Crippen molar-refractivity contribution in [2.45, 2.75) is 12.5 Å². The van der Waals surface area contributed by atoms with Gasteiger partial charge in [-0.1, -0.05) is 18.2 Å². The third-order valence-corrected chi connectivity index (χ3v) is 5.60. The molecule has 4 rings (SSSR count). The summed E-state index contributed by atoms with van der Waals surface area (Å²) >= 11 is 0. The highest BCUT2D eigenvalue weighted by Gasteiger charge is 2.27. The topological polar surface area (TPSA) is 34.2 Å². The summed E-state index contributed by atoms with van der Waals surface area (Å²) in [6.07, 6.45) is 1.02. The van der Waals surface area contributed by atoms with Crippen LogP contribution in [0.25, 0.3) is 0 Å². The maximum absolute atomic E-state index is 6.14. The van der Waals surface area contributed by atoms with Crippen molar-refractivity contribution in [2.75, 3.05) is 58.5 Å². The molecule has 7 heteroatoms. The lowest BCUT2D eigenvalue weighted by Crippen LogP contribution is -2.48. The number of para-hydroxylation sites is 1. The molecule has 0 bridgehead atoms. The van der Waals surface area contributed by atoms with E-state index in [4.69, 9.17) is 14.2 Å². The second-order valence-corrected chi connectivity index (χ2v) is 7.14. The first kappa shape index (κ1) is 23.6. The Labute approximate surface area is 185 Å². The number of nitrogens with zero attached hydrogens (tertiary/aromatic N) is 2. The molecule has 1 saturated heterocycles. The van der Waals surface area contributed by atoms with Crippen LogP contribution < -0.4 is 14.4 Å². The average Bonchev–Trinajstić information content (AvgIpc) is 2.74. The van der Waals surface area contributed by atoms with Crippen molar-refractivity contribution < 1.29 is 14.2 Å². The lowest BCUT2D eigenvalue weighted by molar-refractivity contribution is 0.0146. The summed E-state index contributed by atoms with van der Waals surface area (Å²) in [6, 6.07) is 14.9. The molecule has 1 atom stereocenters. The first-order valence-electron chi connectivity index (χ1n) is 9.67. The molecule has 2 heterocycles. The van der Waals surface area contributed by atoms with Crippen LogP contribution in [0.2, 0.25) is 0 Å². The quantitative estimate of drug-likeness (QED) is 0.701. The van der Waals surface area contributed by atoms with Gasteiger partial charge in [-0.25, -0.2) is 0 Å². The van der Waals surface area contributed by atoms with Crippen LogP contribution >= 0.6 is 24.8 Å². The lowest BCUT2D eigenvalue weighted by atomic mass is 9.96. The zero-order valence-electron chi connectivity index (χ0n) is 17.0. The van der Waals surface area contributed by atoms with Gasteiger partial charge in [-0.2, -0.15) is 0 Å². The minimum Gasteiger partial charge on any atom is -0.493 e. The van der Waals surface area contributed by atoms with Gasteiger partial charge in [0.25, 0.3) is 0 Å². The zero-order chi connectivity index (χ0) is 18.6. The van der Waals surface area contributed by atoms with Crippen molar-refractivity contribution in [2.24, 2.45) is 0 Å². The SMILES string of the molecule is COc1cc2c(cc1OC)C(CN1CCN(c3ccccc3)CC1)OCC2.Cl.Cl. The van der Waals surface area contributed by atoms with Crippen LogP contribution in [0.15, 0.2) is 42.5 Å². The lowest BCUT2D eigenvalue weighted by Gasteiger charge is -2.38. The molecule has 2 aromatic carbocycles. The number of hydrogen-bond acceptors (Lipinski definition) is 5. The molecule has 0 N–H and O–H groups in total. The number of fused-ring (bicyclic) bond motifs is 1. The largest absolute Gasteiger partial charge is 0.493 e. The van der Waals surface area contributed by atoms with E-state index >= 15 is 0 Å². The minimum atomic E-state index is 0. The summed E-state index contributed by atoms with van der Waals surface area (Å²) in [5.41, 5.74) is 3.87. The fourth-order valence-electron chi connectivity index (χ4n) is 4.07. The van der Waals surface area contributed by atoms with Gasteiger partial charge in [-0.05, 0) is 41.8 Å². The molecule has 0 amide bonds. The van der Waals surface area contributed by atoms with E-state index in [1.54, 1.807) is 14.2 Å². The van der Waals surface area contributed by atoms with Crippen molar-refractivity contribution in [1.29, 1.82) is 0 Å². The molecule has 1 unspecified atom stereocenters. The second kappa shape index (κ2) is 10.9. The van der Waals surface area contributed by atoms with Gasteiger partial charge in [-0.15, -0.1) is 24.8 Å². The number of ether oxygens (including phenoxy) is 3. The smallest absolute Gasteiger partial charge is 0.161 e. The Kier molecular flexibility index (Phi) is 8.90. The standard InChI is InChI=1S/C22H28N2O3.2ClH/c1-25-20-14-17-8-13-27-22(19(17)15-21(20)26-2)16-23-9-11-24(12-10-23)18-6-4-3-5-7-18;;/h3-7,14-15,22H,8-13,16H2,1-2H3;2*1H. The summed E-state index contributed by atoms with van der Waals surface area (Å²) in [5, 5.41) is 0. The maximum Gasteiger partial charge on any atom is 0.161 e. The van der Waals surface area contributed by atoms with Crippen LogP contribution in [0.4, 0.5) is 5.69 Å². The highest BCUT2D eigenvalue weighted by molar-refractivity contribution is 5.85. The normalized spacial score (nSPS) is 18.8. The van der Waals surface area contributed by atoms with E-state index in [1.165, 1.54) is 16.8 Å². The van der Waals surface area contributed by atoms with Crippen LogP contribution in [0.1, 0.15) is 17.2 Å². The van der Waals surface area contributed by atoms with Crippen molar-refractivity contribution >= 4 is 30.5 Å². The molecule has 5 nitrogen and oxygen atoms in total. The van der Waals surface area contributed by atoms with E-state index in [1.807, 2.05) is 0 Å². The average molecular weight is 441 g/mol. The molecule has 2 aromatic rings. The first-order chi connectivity index (χ1) is 13.3. The van der Waals surface area contributed by atoms with Gasteiger partial charge < -0.3 is 19.1 Å². The number of halogens is 2. The molecule has 2 aliphatic rings. The fraction of sp³-hybridized carbons (Fsp3) is 0.455. The van der Waals surface area contributed by atoms with E-state index in [2.05, 4.69) is 52.3 Å².